The van der Waals surface area contributed by atoms with Gasteiger partial charge in [0.1, 0.15) is 11.4 Å². The Labute approximate surface area is 149 Å². The van der Waals surface area contributed by atoms with Gasteiger partial charge in [0.2, 0.25) is 11.2 Å². The van der Waals surface area contributed by atoms with Gasteiger partial charge in [-0.2, -0.15) is 0 Å². The molecule has 8 nitrogen and oxygen atoms in total. The summed E-state index contributed by atoms with van der Waals surface area (Å²) in [5, 5.41) is 0. The zero-order valence-electron chi connectivity index (χ0n) is 15.2. The minimum absolute atomic E-state index is 0.249. The van der Waals surface area contributed by atoms with Gasteiger partial charge in [0.05, 0.1) is 20.2 Å². The molecule has 0 aliphatic carbocycles. The lowest BCUT2D eigenvalue weighted by Gasteiger charge is -2.22. The molecule has 1 N–H and O–H groups in total. The molecule has 0 spiro atoms. The largest absolute Gasteiger partial charge is 0.497 e. The fourth-order valence-corrected chi connectivity index (χ4v) is 3.65. The van der Waals surface area contributed by atoms with Crippen molar-refractivity contribution in [3.63, 3.8) is 0 Å². The highest BCUT2D eigenvalue weighted by molar-refractivity contribution is 5.70. The van der Waals surface area contributed by atoms with Crippen LogP contribution in [-0.4, -0.2) is 27.8 Å². The highest BCUT2D eigenvalue weighted by atomic mass is 16.5. The molecule has 0 bridgehead atoms. The summed E-state index contributed by atoms with van der Waals surface area (Å²) < 4.78 is 10.1. The number of methoxy groups -OCH3 is 1. The quantitative estimate of drug-likeness (QED) is 0.707. The molecule has 0 fully saturated rings. The average molecular weight is 356 g/mol. The van der Waals surface area contributed by atoms with E-state index in [1.54, 1.807) is 21.1 Å². The Balaban J connectivity index is 1.99. The van der Waals surface area contributed by atoms with Gasteiger partial charge in [-0.1, -0.05) is 6.07 Å². The van der Waals surface area contributed by atoms with Crippen molar-refractivity contribution in [2.75, 3.05) is 18.6 Å². The van der Waals surface area contributed by atoms with Gasteiger partial charge in [0.25, 0.3) is 5.56 Å². The van der Waals surface area contributed by atoms with Crippen molar-refractivity contribution in [1.29, 1.82) is 0 Å². The van der Waals surface area contributed by atoms with Gasteiger partial charge >= 0.3 is 11.6 Å². The van der Waals surface area contributed by atoms with Crippen LogP contribution in [0, 0.1) is 0 Å². The lowest BCUT2D eigenvalue weighted by atomic mass is 10.2. The van der Waals surface area contributed by atoms with E-state index in [2.05, 4.69) is 9.88 Å². The summed E-state index contributed by atoms with van der Waals surface area (Å²) in [5.74, 6) is 1.58. The van der Waals surface area contributed by atoms with E-state index in [9.17, 15) is 9.59 Å². The van der Waals surface area contributed by atoms with Crippen LogP contribution in [0.5, 0.6) is 5.75 Å². The van der Waals surface area contributed by atoms with Crippen LogP contribution < -0.4 is 25.5 Å². The molecule has 0 radical (unpaired) electrons. The highest BCUT2D eigenvalue weighted by Crippen LogP contribution is 2.28. The number of aromatic amines is 1. The van der Waals surface area contributed by atoms with E-state index in [1.165, 1.54) is 9.13 Å². The number of aryl methyl sites for hydroxylation is 2. The topological polar surface area (TPSA) is 76.1 Å². The van der Waals surface area contributed by atoms with Crippen molar-refractivity contribution < 1.29 is 9.30 Å². The van der Waals surface area contributed by atoms with Crippen LogP contribution in [0.4, 0.5) is 11.6 Å². The monoisotopic (exact) mass is 356 g/mol. The standard InChI is InChI=1S/C18H21N5O3/c1-4-21-16(24)14-15(20(2)18(21)25)19-17-22(9-6-10-23(14)17)12-7-5-8-13(11-12)26-3/h5,7-8,11H,4,6,9-10H2,1-3H3/p+1. The van der Waals surface area contributed by atoms with E-state index in [4.69, 9.17) is 4.74 Å². The van der Waals surface area contributed by atoms with Gasteiger partial charge in [0.15, 0.2) is 0 Å². The fourth-order valence-electron chi connectivity index (χ4n) is 3.65. The normalized spacial score (nSPS) is 13.9. The summed E-state index contributed by atoms with van der Waals surface area (Å²) in [6.45, 7) is 3.70. The Morgan fingerprint density at radius 1 is 1.31 bits per heavy atom. The van der Waals surface area contributed by atoms with Crippen LogP contribution in [0.2, 0.25) is 0 Å². The van der Waals surface area contributed by atoms with Crippen molar-refractivity contribution in [3.8, 4) is 5.75 Å². The molecule has 3 heterocycles. The average Bonchev–Trinajstić information content (AvgIpc) is 3.06. The van der Waals surface area contributed by atoms with Crippen molar-refractivity contribution in [3.05, 3.63) is 45.1 Å². The first kappa shape index (κ1) is 16.4. The summed E-state index contributed by atoms with van der Waals surface area (Å²) in [4.78, 5) is 30.7. The van der Waals surface area contributed by atoms with Gasteiger partial charge in [-0.25, -0.2) is 19.2 Å². The highest BCUT2D eigenvalue weighted by Gasteiger charge is 2.33. The first-order valence-electron chi connectivity index (χ1n) is 8.73. The smallest absolute Gasteiger partial charge is 0.364 e. The molecular formula is C18H22N5O3+. The Kier molecular flexibility index (Phi) is 3.82. The van der Waals surface area contributed by atoms with Crippen LogP contribution in [0.3, 0.4) is 0 Å². The molecule has 1 aromatic carbocycles. The predicted molar refractivity (Wildman–Crippen MR) is 98.3 cm³/mol. The van der Waals surface area contributed by atoms with Gasteiger partial charge in [-0.15, -0.1) is 0 Å². The molecule has 3 aromatic rings. The maximum Gasteiger partial charge on any atom is 0.364 e. The lowest BCUT2D eigenvalue weighted by molar-refractivity contribution is -0.663. The number of ether oxygens (including phenoxy) is 1. The van der Waals surface area contributed by atoms with Gasteiger partial charge in [0, 0.05) is 26.1 Å². The van der Waals surface area contributed by atoms with Crippen LogP contribution >= 0.6 is 0 Å². The Hall–Kier alpha value is -3.03. The Morgan fingerprint density at radius 3 is 2.85 bits per heavy atom. The molecule has 1 aliphatic rings. The second kappa shape index (κ2) is 6.05. The third kappa shape index (κ3) is 2.25. The molecule has 0 atom stereocenters. The van der Waals surface area contributed by atoms with E-state index in [-0.39, 0.29) is 11.2 Å². The van der Waals surface area contributed by atoms with E-state index >= 15 is 0 Å². The second-order valence-electron chi connectivity index (χ2n) is 6.40. The van der Waals surface area contributed by atoms with Gasteiger partial charge in [-0.05, 0) is 19.1 Å². The van der Waals surface area contributed by atoms with E-state index in [1.807, 2.05) is 28.8 Å². The Morgan fingerprint density at radius 2 is 2.12 bits per heavy atom. The molecule has 4 rings (SSSR count). The fraction of sp³-hybridized carbons (Fsp3) is 0.389. The molecular weight excluding hydrogens is 334 g/mol. The van der Waals surface area contributed by atoms with E-state index in [0.29, 0.717) is 17.7 Å². The second-order valence-corrected chi connectivity index (χ2v) is 6.40. The number of aromatic nitrogens is 4. The van der Waals surface area contributed by atoms with Crippen molar-refractivity contribution in [2.45, 2.75) is 26.4 Å². The predicted octanol–water partition coefficient (Wildman–Crippen LogP) is 0.886. The molecule has 136 valence electrons. The molecule has 0 saturated carbocycles. The molecule has 8 heteroatoms. The maximum atomic E-state index is 12.9. The number of imidazole rings is 1. The van der Waals surface area contributed by atoms with Crippen LogP contribution in [0.15, 0.2) is 33.9 Å². The Bertz CT molecular complexity index is 1110. The SMILES string of the molecule is CCn1c(=O)c2c([nH]c3[n+]2CCCN3c2cccc(OC)c2)n(C)c1=O. The molecule has 0 saturated heterocycles. The molecule has 2 aromatic heterocycles. The number of hydrogen-bond donors (Lipinski definition) is 1. The third-order valence-electron chi connectivity index (χ3n) is 4.98. The number of nitrogens with one attached hydrogen (secondary N) is 1. The van der Waals surface area contributed by atoms with E-state index in [0.717, 1.165) is 36.9 Å². The summed E-state index contributed by atoms with van der Waals surface area (Å²) in [6, 6.07) is 7.81. The first-order valence-corrected chi connectivity index (χ1v) is 8.73. The minimum atomic E-state index is -0.308. The molecule has 0 amide bonds. The zero-order valence-corrected chi connectivity index (χ0v) is 15.2. The van der Waals surface area contributed by atoms with E-state index < -0.39 is 0 Å². The lowest BCUT2D eigenvalue weighted by Crippen LogP contribution is -2.49. The summed E-state index contributed by atoms with van der Waals surface area (Å²) >= 11 is 0. The van der Waals surface area contributed by atoms with Gasteiger partial charge < -0.3 is 4.74 Å². The molecule has 1 aliphatic heterocycles. The van der Waals surface area contributed by atoms with Crippen LogP contribution in [0.25, 0.3) is 11.2 Å². The number of benzene rings is 1. The molecule has 0 unspecified atom stereocenters. The maximum absolute atomic E-state index is 12.9. The van der Waals surface area contributed by atoms with Gasteiger partial charge in [-0.3, -0.25) is 13.9 Å². The van der Waals surface area contributed by atoms with Crippen LogP contribution in [0.1, 0.15) is 13.3 Å². The summed E-state index contributed by atoms with van der Waals surface area (Å²) in [7, 11) is 3.33. The number of anilines is 2. The molecule has 26 heavy (non-hydrogen) atoms. The first-order chi connectivity index (χ1) is 12.6. The van der Waals surface area contributed by atoms with Crippen molar-refractivity contribution >= 4 is 22.8 Å². The number of H-pyrrole nitrogens is 1. The number of nitrogens with zero attached hydrogens (tertiary/aromatic N) is 4. The summed E-state index contributed by atoms with van der Waals surface area (Å²) in [5.41, 5.74) is 1.51. The third-order valence-corrected chi connectivity index (χ3v) is 4.98. The van der Waals surface area contributed by atoms with Crippen LogP contribution in [-0.2, 0) is 20.1 Å². The number of rotatable bonds is 3. The number of hydrogen-bond acceptors (Lipinski definition) is 4. The zero-order chi connectivity index (χ0) is 18.4. The van der Waals surface area contributed by atoms with Crippen molar-refractivity contribution in [1.82, 2.24) is 14.1 Å². The number of fused-ring (bicyclic) bond motifs is 3. The minimum Gasteiger partial charge on any atom is -0.497 e. The van der Waals surface area contributed by atoms with Crippen molar-refractivity contribution in [2.24, 2.45) is 7.05 Å². The summed E-state index contributed by atoms with van der Waals surface area (Å²) in [6.07, 6.45) is 0.899.